The molecule has 2 rings (SSSR count). The Morgan fingerprint density at radius 2 is 1.93 bits per heavy atom. The van der Waals surface area contributed by atoms with Crippen molar-refractivity contribution in [3.63, 3.8) is 0 Å². The molecule has 15 heavy (non-hydrogen) atoms. The van der Waals surface area contributed by atoms with Crippen molar-refractivity contribution in [3.8, 4) is 0 Å². The van der Waals surface area contributed by atoms with Gasteiger partial charge in [-0.1, -0.05) is 12.1 Å². The Labute approximate surface area is 86.9 Å². The monoisotopic (exact) mass is 209 g/mol. The van der Waals surface area contributed by atoms with Crippen LogP contribution in [0.1, 0.15) is 12.5 Å². The summed E-state index contributed by atoms with van der Waals surface area (Å²) in [6, 6.07) is 5.76. The smallest absolute Gasteiger partial charge is 0.141 e. The van der Waals surface area contributed by atoms with Crippen molar-refractivity contribution >= 4 is 5.57 Å². The Hall–Kier alpha value is -1.23. The fourth-order valence-corrected chi connectivity index (χ4v) is 1.73. The molecule has 0 radical (unpaired) electrons. The minimum absolute atomic E-state index is 0.328. The van der Waals surface area contributed by atoms with E-state index in [1.807, 2.05) is 0 Å². The van der Waals surface area contributed by atoms with Crippen LogP contribution in [0.25, 0.3) is 5.57 Å². The van der Waals surface area contributed by atoms with Crippen molar-refractivity contribution in [2.75, 3.05) is 0 Å². The van der Waals surface area contributed by atoms with Crippen molar-refractivity contribution in [3.05, 3.63) is 41.7 Å². The van der Waals surface area contributed by atoms with Crippen LogP contribution in [0, 0.1) is 5.82 Å². The van der Waals surface area contributed by atoms with E-state index in [1.165, 1.54) is 18.2 Å². The lowest BCUT2D eigenvalue weighted by molar-refractivity contribution is 0.0438. The zero-order chi connectivity index (χ0) is 11.1. The zero-order valence-electron chi connectivity index (χ0n) is 8.24. The van der Waals surface area contributed by atoms with Crippen LogP contribution in [0.3, 0.4) is 0 Å². The van der Waals surface area contributed by atoms with Gasteiger partial charge in [-0.3, -0.25) is 5.32 Å². The lowest BCUT2D eigenvalue weighted by Crippen LogP contribution is -2.42. The molecule has 0 amide bonds. The predicted octanol–water partition coefficient (Wildman–Crippen LogP) is 0.839. The van der Waals surface area contributed by atoms with E-state index < -0.39 is 12.0 Å². The summed E-state index contributed by atoms with van der Waals surface area (Å²) in [7, 11) is 0. The molecule has 80 valence electrons. The third kappa shape index (κ3) is 1.92. The van der Waals surface area contributed by atoms with Crippen molar-refractivity contribution < 1.29 is 14.6 Å². The third-order valence-corrected chi connectivity index (χ3v) is 2.43. The van der Waals surface area contributed by atoms with Gasteiger partial charge in [0.25, 0.3) is 0 Å². The lowest BCUT2D eigenvalue weighted by Gasteiger charge is -2.22. The first-order valence-corrected chi connectivity index (χ1v) is 4.65. The topological polar surface area (TPSA) is 52.5 Å². The molecule has 0 bridgehead atoms. The first-order chi connectivity index (χ1) is 6.99. The van der Waals surface area contributed by atoms with Gasteiger partial charge in [0.1, 0.15) is 17.8 Å². The fourth-order valence-electron chi connectivity index (χ4n) is 1.73. The molecule has 0 aliphatic carbocycles. The highest BCUT2D eigenvalue weighted by molar-refractivity contribution is 5.73. The average molecular weight is 209 g/mol. The number of nitrogens with one attached hydrogen (secondary N) is 1. The molecule has 2 unspecified atom stereocenters. The Balaban J connectivity index is 2.39. The Bertz CT molecular complexity index is 398. The van der Waals surface area contributed by atoms with Crippen molar-refractivity contribution in [2.24, 2.45) is 0 Å². The highest BCUT2D eigenvalue weighted by Crippen LogP contribution is 2.30. The molecule has 1 aromatic carbocycles. The maximum absolute atomic E-state index is 12.7. The van der Waals surface area contributed by atoms with Gasteiger partial charge >= 0.3 is 0 Å². The lowest BCUT2D eigenvalue weighted by atomic mass is 9.99. The third-order valence-electron chi connectivity index (χ3n) is 2.43. The first-order valence-electron chi connectivity index (χ1n) is 4.65. The van der Waals surface area contributed by atoms with E-state index in [4.69, 9.17) is 0 Å². The van der Waals surface area contributed by atoms with Crippen molar-refractivity contribution in [2.45, 2.75) is 18.9 Å². The predicted molar refractivity (Wildman–Crippen MR) is 54.1 cm³/mol. The molecule has 0 saturated heterocycles. The van der Waals surface area contributed by atoms with Gasteiger partial charge in [0, 0.05) is 5.57 Å². The summed E-state index contributed by atoms with van der Waals surface area (Å²) in [6.07, 6.45) is 0.632. The highest BCUT2D eigenvalue weighted by Gasteiger charge is 2.34. The molecule has 1 aliphatic rings. The molecule has 0 aromatic heterocycles. The second-order valence-corrected chi connectivity index (χ2v) is 3.75. The van der Waals surface area contributed by atoms with E-state index in [9.17, 15) is 14.6 Å². The van der Waals surface area contributed by atoms with E-state index in [0.29, 0.717) is 11.1 Å². The molecular formula is C11H12FNO2. The van der Waals surface area contributed by atoms with E-state index in [1.54, 1.807) is 19.1 Å². The standard InChI is InChI=1S/C11H12FNO2/c1-11(15)9(6-10(14)13-11)7-2-4-8(12)5-3-7/h2-6,10,13-15H,1H3. The van der Waals surface area contributed by atoms with E-state index in [0.717, 1.165) is 0 Å². The Kier molecular flexibility index (Phi) is 2.34. The number of rotatable bonds is 1. The van der Waals surface area contributed by atoms with Crippen LogP contribution in [0.5, 0.6) is 0 Å². The van der Waals surface area contributed by atoms with Gasteiger partial charge in [-0.25, -0.2) is 4.39 Å². The molecule has 1 heterocycles. The van der Waals surface area contributed by atoms with E-state index >= 15 is 0 Å². The second-order valence-electron chi connectivity index (χ2n) is 3.75. The van der Waals surface area contributed by atoms with Gasteiger partial charge < -0.3 is 10.2 Å². The van der Waals surface area contributed by atoms with Gasteiger partial charge in [-0.05, 0) is 30.7 Å². The minimum Gasteiger partial charge on any atom is -0.375 e. The summed E-state index contributed by atoms with van der Waals surface area (Å²) in [4.78, 5) is 0. The van der Waals surface area contributed by atoms with Crippen LogP contribution in [-0.2, 0) is 0 Å². The summed E-state index contributed by atoms with van der Waals surface area (Å²) < 4.78 is 12.7. The molecule has 3 N–H and O–H groups in total. The number of aliphatic hydroxyl groups excluding tert-OH is 1. The number of benzene rings is 1. The van der Waals surface area contributed by atoms with Crippen LogP contribution in [0.15, 0.2) is 30.3 Å². The van der Waals surface area contributed by atoms with Crippen LogP contribution < -0.4 is 5.32 Å². The highest BCUT2D eigenvalue weighted by atomic mass is 19.1. The van der Waals surface area contributed by atoms with Crippen molar-refractivity contribution in [1.29, 1.82) is 0 Å². The number of hydrogen-bond acceptors (Lipinski definition) is 3. The largest absolute Gasteiger partial charge is 0.375 e. The average Bonchev–Trinajstić information content (AvgIpc) is 2.41. The van der Waals surface area contributed by atoms with Gasteiger partial charge in [0.2, 0.25) is 0 Å². The normalized spacial score (nSPS) is 30.4. The van der Waals surface area contributed by atoms with Gasteiger partial charge in [-0.15, -0.1) is 0 Å². The zero-order valence-corrected chi connectivity index (χ0v) is 8.24. The summed E-state index contributed by atoms with van der Waals surface area (Å²) in [5.41, 5.74) is -0.0440. The molecule has 1 aromatic rings. The van der Waals surface area contributed by atoms with E-state index in [2.05, 4.69) is 5.32 Å². The molecule has 4 heteroatoms. The Morgan fingerprint density at radius 1 is 1.33 bits per heavy atom. The van der Waals surface area contributed by atoms with Gasteiger partial charge in [0.05, 0.1) is 0 Å². The first kappa shape index (κ1) is 10.3. The van der Waals surface area contributed by atoms with Crippen LogP contribution >= 0.6 is 0 Å². The second kappa shape index (κ2) is 3.41. The fraction of sp³-hybridized carbons (Fsp3) is 0.273. The molecule has 2 atom stereocenters. The van der Waals surface area contributed by atoms with Crippen molar-refractivity contribution in [1.82, 2.24) is 5.32 Å². The SMILES string of the molecule is CC1(O)NC(O)C=C1c1ccc(F)cc1. The summed E-state index contributed by atoms with van der Waals surface area (Å²) in [5.74, 6) is -0.328. The Morgan fingerprint density at radius 3 is 2.40 bits per heavy atom. The van der Waals surface area contributed by atoms with Gasteiger partial charge in [-0.2, -0.15) is 0 Å². The number of aliphatic hydroxyl groups is 2. The summed E-state index contributed by atoms with van der Waals surface area (Å²) in [5, 5.41) is 21.8. The minimum atomic E-state index is -1.28. The maximum Gasteiger partial charge on any atom is 0.141 e. The number of halogens is 1. The quantitative estimate of drug-likeness (QED) is 0.642. The van der Waals surface area contributed by atoms with Gasteiger partial charge in [0.15, 0.2) is 0 Å². The molecule has 0 fully saturated rings. The molecule has 1 aliphatic heterocycles. The summed E-state index contributed by atoms with van der Waals surface area (Å²) in [6.45, 7) is 1.54. The molecule has 3 nitrogen and oxygen atoms in total. The van der Waals surface area contributed by atoms with Crippen LogP contribution in [0.4, 0.5) is 4.39 Å². The maximum atomic E-state index is 12.7. The van der Waals surface area contributed by atoms with Crippen LogP contribution in [0.2, 0.25) is 0 Å². The summed E-state index contributed by atoms with van der Waals surface area (Å²) >= 11 is 0. The van der Waals surface area contributed by atoms with E-state index in [-0.39, 0.29) is 5.82 Å². The molecule has 0 spiro atoms. The molecular weight excluding hydrogens is 197 g/mol. The molecule has 0 saturated carbocycles. The number of hydrogen-bond donors (Lipinski definition) is 3. The van der Waals surface area contributed by atoms with Crippen LogP contribution in [-0.4, -0.2) is 22.2 Å².